The number of nitrogens with one attached hydrogen (secondary N) is 1. The monoisotopic (exact) mass is 237 g/mol. The van der Waals surface area contributed by atoms with Crippen molar-refractivity contribution in [3.63, 3.8) is 0 Å². The van der Waals surface area contributed by atoms with E-state index >= 15 is 0 Å². The van der Waals surface area contributed by atoms with Crippen molar-refractivity contribution >= 4 is 17.1 Å². The van der Waals surface area contributed by atoms with E-state index in [4.69, 9.17) is 5.73 Å². The standard InChI is InChI=1S/C15H15N3/c16-12-6-7-14-13(10-12)15(18-9-8-17-14)11-4-2-1-3-5-11/h1-7,10,17H,8-9,16H2. The number of anilines is 2. The van der Waals surface area contributed by atoms with Gasteiger partial charge in [-0.2, -0.15) is 0 Å². The Kier molecular flexibility index (Phi) is 2.73. The first-order valence-corrected chi connectivity index (χ1v) is 6.08. The predicted molar refractivity (Wildman–Crippen MR) is 76.3 cm³/mol. The maximum atomic E-state index is 5.89. The van der Waals surface area contributed by atoms with Gasteiger partial charge in [0.1, 0.15) is 0 Å². The van der Waals surface area contributed by atoms with Crippen LogP contribution >= 0.6 is 0 Å². The molecule has 0 bridgehead atoms. The Bertz CT molecular complexity index is 588. The van der Waals surface area contributed by atoms with Crippen molar-refractivity contribution in [2.24, 2.45) is 4.99 Å². The SMILES string of the molecule is Nc1ccc2c(c1)C(c1ccccc1)=NCCN2. The molecule has 0 radical (unpaired) electrons. The number of hydrogen-bond donors (Lipinski definition) is 2. The zero-order chi connectivity index (χ0) is 12.4. The van der Waals surface area contributed by atoms with Crippen LogP contribution in [-0.4, -0.2) is 18.8 Å². The van der Waals surface area contributed by atoms with Crippen molar-refractivity contribution in [3.8, 4) is 0 Å². The third-order valence-electron chi connectivity index (χ3n) is 3.04. The van der Waals surface area contributed by atoms with Gasteiger partial charge < -0.3 is 11.1 Å². The summed E-state index contributed by atoms with van der Waals surface area (Å²) < 4.78 is 0. The molecule has 0 aliphatic carbocycles. The van der Waals surface area contributed by atoms with Crippen LogP contribution < -0.4 is 11.1 Å². The topological polar surface area (TPSA) is 50.4 Å². The van der Waals surface area contributed by atoms with Crippen LogP contribution in [-0.2, 0) is 0 Å². The number of benzodiazepines with no additional fused rings is 1. The number of rotatable bonds is 1. The van der Waals surface area contributed by atoms with E-state index in [1.807, 2.05) is 36.4 Å². The molecule has 2 aromatic rings. The highest BCUT2D eigenvalue weighted by atomic mass is 14.9. The lowest BCUT2D eigenvalue weighted by atomic mass is 10.00. The molecular weight excluding hydrogens is 222 g/mol. The highest BCUT2D eigenvalue weighted by Crippen LogP contribution is 2.24. The molecule has 3 rings (SSSR count). The second kappa shape index (κ2) is 4.53. The average Bonchev–Trinajstić information content (AvgIpc) is 2.61. The smallest absolute Gasteiger partial charge is 0.0741 e. The third kappa shape index (κ3) is 1.95. The van der Waals surface area contributed by atoms with Gasteiger partial charge in [0.05, 0.1) is 12.3 Å². The first-order chi connectivity index (χ1) is 8.84. The summed E-state index contributed by atoms with van der Waals surface area (Å²) in [6.45, 7) is 1.63. The number of aliphatic imine (C=N–C) groups is 1. The fourth-order valence-electron chi connectivity index (χ4n) is 2.20. The molecule has 0 spiro atoms. The predicted octanol–water partition coefficient (Wildman–Crippen LogP) is 2.53. The van der Waals surface area contributed by atoms with Gasteiger partial charge in [-0.25, -0.2) is 0 Å². The molecule has 1 aliphatic heterocycles. The van der Waals surface area contributed by atoms with Crippen molar-refractivity contribution in [2.45, 2.75) is 0 Å². The van der Waals surface area contributed by atoms with Gasteiger partial charge in [-0.3, -0.25) is 4.99 Å². The normalized spacial score (nSPS) is 14.1. The molecule has 1 aliphatic rings. The fourth-order valence-corrected chi connectivity index (χ4v) is 2.20. The third-order valence-corrected chi connectivity index (χ3v) is 3.04. The van der Waals surface area contributed by atoms with E-state index in [-0.39, 0.29) is 0 Å². The van der Waals surface area contributed by atoms with E-state index < -0.39 is 0 Å². The summed E-state index contributed by atoms with van der Waals surface area (Å²) in [5.41, 5.74) is 11.0. The summed E-state index contributed by atoms with van der Waals surface area (Å²) >= 11 is 0. The van der Waals surface area contributed by atoms with Crippen LogP contribution in [0.1, 0.15) is 11.1 Å². The van der Waals surface area contributed by atoms with Crippen LogP contribution in [0.3, 0.4) is 0 Å². The average molecular weight is 237 g/mol. The Labute approximate surface area is 106 Å². The quantitative estimate of drug-likeness (QED) is 0.749. The van der Waals surface area contributed by atoms with E-state index in [1.165, 1.54) is 0 Å². The van der Waals surface area contributed by atoms with Gasteiger partial charge in [-0.1, -0.05) is 30.3 Å². The molecule has 2 aromatic carbocycles. The molecule has 90 valence electrons. The highest BCUT2D eigenvalue weighted by molar-refractivity contribution is 6.16. The number of nitrogens with two attached hydrogens (primary N) is 1. The minimum absolute atomic E-state index is 0.765. The van der Waals surface area contributed by atoms with E-state index in [1.54, 1.807) is 0 Å². The van der Waals surface area contributed by atoms with E-state index in [0.29, 0.717) is 0 Å². The molecule has 0 fully saturated rings. The Morgan fingerprint density at radius 3 is 2.72 bits per heavy atom. The molecule has 3 N–H and O–H groups in total. The zero-order valence-corrected chi connectivity index (χ0v) is 10.1. The summed E-state index contributed by atoms with van der Waals surface area (Å²) in [5.74, 6) is 0. The molecule has 1 heterocycles. The van der Waals surface area contributed by atoms with Crippen molar-refractivity contribution in [1.82, 2.24) is 0 Å². The lowest BCUT2D eigenvalue weighted by Gasteiger charge is -2.11. The maximum Gasteiger partial charge on any atom is 0.0741 e. The van der Waals surface area contributed by atoms with Crippen molar-refractivity contribution < 1.29 is 0 Å². The molecular formula is C15H15N3. The Balaban J connectivity index is 2.16. The van der Waals surface area contributed by atoms with E-state index in [9.17, 15) is 0 Å². The Morgan fingerprint density at radius 2 is 1.89 bits per heavy atom. The molecule has 0 aromatic heterocycles. The molecule has 0 amide bonds. The lowest BCUT2D eigenvalue weighted by Crippen LogP contribution is -2.06. The summed E-state index contributed by atoms with van der Waals surface area (Å²) in [6, 6.07) is 16.2. The first-order valence-electron chi connectivity index (χ1n) is 6.08. The van der Waals surface area contributed by atoms with Crippen LogP contribution in [0.2, 0.25) is 0 Å². The van der Waals surface area contributed by atoms with Gasteiger partial charge in [0.2, 0.25) is 0 Å². The lowest BCUT2D eigenvalue weighted by molar-refractivity contribution is 1.04. The molecule has 0 unspecified atom stereocenters. The minimum atomic E-state index is 0.765. The number of benzene rings is 2. The zero-order valence-electron chi connectivity index (χ0n) is 10.1. The number of fused-ring (bicyclic) bond motifs is 1. The van der Waals surface area contributed by atoms with Crippen LogP contribution in [0, 0.1) is 0 Å². The highest BCUT2D eigenvalue weighted by Gasteiger charge is 2.14. The molecule has 18 heavy (non-hydrogen) atoms. The molecule has 3 heteroatoms. The summed E-state index contributed by atoms with van der Waals surface area (Å²) in [5, 5.41) is 3.38. The van der Waals surface area contributed by atoms with Crippen LogP contribution in [0.5, 0.6) is 0 Å². The van der Waals surface area contributed by atoms with Crippen molar-refractivity contribution in [3.05, 3.63) is 59.7 Å². The molecule has 3 nitrogen and oxygen atoms in total. The van der Waals surface area contributed by atoms with Crippen molar-refractivity contribution in [1.29, 1.82) is 0 Å². The van der Waals surface area contributed by atoms with Gasteiger partial charge in [0.15, 0.2) is 0 Å². The van der Waals surface area contributed by atoms with E-state index in [2.05, 4.69) is 22.4 Å². The number of hydrogen-bond acceptors (Lipinski definition) is 3. The Morgan fingerprint density at radius 1 is 1.06 bits per heavy atom. The van der Waals surface area contributed by atoms with Crippen molar-refractivity contribution in [2.75, 3.05) is 24.1 Å². The van der Waals surface area contributed by atoms with Gasteiger partial charge in [0, 0.05) is 29.0 Å². The summed E-state index contributed by atoms with van der Waals surface area (Å²) in [7, 11) is 0. The van der Waals surface area contributed by atoms with Gasteiger partial charge >= 0.3 is 0 Å². The minimum Gasteiger partial charge on any atom is -0.399 e. The second-order valence-corrected chi connectivity index (χ2v) is 4.33. The maximum absolute atomic E-state index is 5.89. The van der Waals surface area contributed by atoms with Gasteiger partial charge in [-0.15, -0.1) is 0 Å². The number of nitrogens with zero attached hydrogens (tertiary/aromatic N) is 1. The second-order valence-electron chi connectivity index (χ2n) is 4.33. The fraction of sp³-hybridized carbons (Fsp3) is 0.133. The molecule has 0 saturated carbocycles. The van der Waals surface area contributed by atoms with E-state index in [0.717, 1.165) is 41.3 Å². The number of nitrogen functional groups attached to an aromatic ring is 1. The first kappa shape index (κ1) is 10.8. The summed E-state index contributed by atoms with van der Waals surface area (Å²) in [6.07, 6.45) is 0. The Hall–Kier alpha value is -2.29. The van der Waals surface area contributed by atoms with Crippen LogP contribution in [0.25, 0.3) is 0 Å². The largest absolute Gasteiger partial charge is 0.399 e. The van der Waals surface area contributed by atoms with Gasteiger partial charge in [0.25, 0.3) is 0 Å². The van der Waals surface area contributed by atoms with Crippen LogP contribution in [0.4, 0.5) is 11.4 Å². The summed E-state index contributed by atoms with van der Waals surface area (Å²) in [4.78, 5) is 4.67. The molecule has 0 atom stereocenters. The van der Waals surface area contributed by atoms with Crippen LogP contribution in [0.15, 0.2) is 53.5 Å². The molecule has 0 saturated heterocycles. The van der Waals surface area contributed by atoms with Gasteiger partial charge in [-0.05, 0) is 18.2 Å².